The number of halogens is 4. The van der Waals surface area contributed by atoms with Crippen molar-refractivity contribution in [1.29, 1.82) is 0 Å². The van der Waals surface area contributed by atoms with E-state index in [4.69, 9.17) is 16.3 Å². The van der Waals surface area contributed by atoms with E-state index < -0.39 is 11.7 Å². The predicted molar refractivity (Wildman–Crippen MR) is 61.4 cm³/mol. The van der Waals surface area contributed by atoms with Gasteiger partial charge in [-0.2, -0.15) is 13.2 Å². The Balaban J connectivity index is 2.70. The fourth-order valence-electron chi connectivity index (χ4n) is 1.24. The number of anilines is 1. The van der Waals surface area contributed by atoms with Crippen molar-refractivity contribution in [3.8, 4) is 0 Å². The summed E-state index contributed by atoms with van der Waals surface area (Å²) in [7, 11) is 0. The van der Waals surface area contributed by atoms with Gasteiger partial charge in [0.05, 0.1) is 22.9 Å². The number of alkyl halides is 3. The van der Waals surface area contributed by atoms with Gasteiger partial charge in [0.15, 0.2) is 0 Å². The van der Waals surface area contributed by atoms with Gasteiger partial charge in [-0.25, -0.2) is 0 Å². The van der Waals surface area contributed by atoms with Crippen LogP contribution >= 0.6 is 11.6 Å². The Morgan fingerprint density at radius 1 is 1.35 bits per heavy atom. The van der Waals surface area contributed by atoms with Gasteiger partial charge >= 0.3 is 6.18 Å². The number of nitrogens with one attached hydrogen (secondary N) is 1. The third kappa shape index (κ3) is 4.44. The lowest BCUT2D eigenvalue weighted by molar-refractivity contribution is -0.137. The quantitative estimate of drug-likeness (QED) is 0.819. The molecule has 96 valence electrons. The highest BCUT2D eigenvalue weighted by atomic mass is 35.5. The van der Waals surface area contributed by atoms with Crippen molar-refractivity contribution in [3.05, 3.63) is 28.8 Å². The third-order valence-electron chi connectivity index (χ3n) is 2.06. The molecule has 0 saturated carbocycles. The van der Waals surface area contributed by atoms with Gasteiger partial charge in [-0.15, -0.1) is 0 Å². The van der Waals surface area contributed by atoms with Crippen LogP contribution in [0.25, 0.3) is 0 Å². The molecule has 6 heteroatoms. The molecule has 0 aromatic heterocycles. The number of benzene rings is 1. The number of rotatable bonds is 5. The van der Waals surface area contributed by atoms with E-state index in [1.54, 1.807) is 0 Å². The molecule has 0 fully saturated rings. The van der Waals surface area contributed by atoms with Gasteiger partial charge < -0.3 is 10.1 Å². The van der Waals surface area contributed by atoms with Gasteiger partial charge in [0.1, 0.15) is 0 Å². The minimum Gasteiger partial charge on any atom is -0.382 e. The van der Waals surface area contributed by atoms with Crippen molar-refractivity contribution >= 4 is 17.3 Å². The Labute approximate surface area is 103 Å². The van der Waals surface area contributed by atoms with Gasteiger partial charge in [0.25, 0.3) is 0 Å². The standard InChI is InChI=1S/C11H13ClF3NO/c1-2-17-6-5-16-10-7-8(11(13,14)15)3-4-9(10)12/h3-4,7,16H,2,5-6H2,1H3. The molecule has 1 aromatic carbocycles. The average molecular weight is 268 g/mol. The van der Waals surface area contributed by atoms with E-state index in [0.717, 1.165) is 12.1 Å². The molecule has 0 saturated heterocycles. The van der Waals surface area contributed by atoms with E-state index in [1.807, 2.05) is 6.92 Å². The topological polar surface area (TPSA) is 21.3 Å². The molecule has 1 N–H and O–H groups in total. The average Bonchev–Trinajstić information content (AvgIpc) is 2.25. The highest BCUT2D eigenvalue weighted by Crippen LogP contribution is 2.33. The minimum atomic E-state index is -4.36. The molecule has 0 heterocycles. The molecule has 0 unspecified atom stereocenters. The van der Waals surface area contributed by atoms with Crippen LogP contribution in [0.1, 0.15) is 12.5 Å². The van der Waals surface area contributed by atoms with Crippen LogP contribution in [0.2, 0.25) is 5.02 Å². The first-order chi connectivity index (χ1) is 7.95. The molecule has 0 atom stereocenters. The fraction of sp³-hybridized carbons (Fsp3) is 0.455. The van der Waals surface area contributed by atoms with E-state index in [0.29, 0.717) is 19.8 Å². The highest BCUT2D eigenvalue weighted by molar-refractivity contribution is 6.33. The summed E-state index contributed by atoms with van der Waals surface area (Å²) in [5.41, 5.74) is -0.456. The largest absolute Gasteiger partial charge is 0.416 e. The number of hydrogen-bond acceptors (Lipinski definition) is 2. The summed E-state index contributed by atoms with van der Waals surface area (Å²) >= 11 is 5.79. The van der Waals surface area contributed by atoms with Crippen LogP contribution < -0.4 is 5.32 Å². The van der Waals surface area contributed by atoms with E-state index in [1.165, 1.54) is 6.07 Å². The molecule has 0 aliphatic rings. The second kappa shape index (κ2) is 6.12. The van der Waals surface area contributed by atoms with Crippen LogP contribution in [0.4, 0.5) is 18.9 Å². The van der Waals surface area contributed by atoms with Gasteiger partial charge in [-0.3, -0.25) is 0 Å². The zero-order valence-electron chi connectivity index (χ0n) is 9.27. The molecule has 0 spiro atoms. The molecular formula is C11H13ClF3NO. The number of ether oxygens (including phenoxy) is 1. The molecule has 2 nitrogen and oxygen atoms in total. The summed E-state index contributed by atoms with van der Waals surface area (Å²) in [5, 5.41) is 3.06. The molecule has 1 aromatic rings. The summed E-state index contributed by atoms with van der Waals surface area (Å²) < 4.78 is 42.4. The van der Waals surface area contributed by atoms with Gasteiger partial charge in [-0.1, -0.05) is 11.6 Å². The van der Waals surface area contributed by atoms with Crippen LogP contribution in [0.3, 0.4) is 0 Å². The Morgan fingerprint density at radius 2 is 2.06 bits per heavy atom. The Hall–Kier alpha value is -0.940. The van der Waals surface area contributed by atoms with Gasteiger partial charge in [0, 0.05) is 13.2 Å². The fourth-order valence-corrected chi connectivity index (χ4v) is 1.42. The first-order valence-corrected chi connectivity index (χ1v) is 5.51. The van der Waals surface area contributed by atoms with Crippen molar-refractivity contribution in [2.75, 3.05) is 25.1 Å². The van der Waals surface area contributed by atoms with Crippen molar-refractivity contribution in [2.45, 2.75) is 13.1 Å². The van der Waals surface area contributed by atoms with E-state index in [-0.39, 0.29) is 10.7 Å². The summed E-state index contributed by atoms with van der Waals surface area (Å²) in [5.74, 6) is 0. The third-order valence-corrected chi connectivity index (χ3v) is 2.39. The zero-order valence-corrected chi connectivity index (χ0v) is 10.0. The Morgan fingerprint density at radius 3 is 2.65 bits per heavy atom. The highest BCUT2D eigenvalue weighted by Gasteiger charge is 2.30. The maximum Gasteiger partial charge on any atom is 0.416 e. The second-order valence-corrected chi connectivity index (χ2v) is 3.72. The summed E-state index contributed by atoms with van der Waals surface area (Å²) in [6.45, 7) is 3.24. The van der Waals surface area contributed by atoms with Crippen LogP contribution in [0, 0.1) is 0 Å². The monoisotopic (exact) mass is 267 g/mol. The van der Waals surface area contributed by atoms with Crippen LogP contribution in [-0.2, 0) is 10.9 Å². The molecule has 0 radical (unpaired) electrons. The minimum absolute atomic E-state index is 0.259. The normalized spacial score (nSPS) is 11.6. The van der Waals surface area contributed by atoms with Gasteiger partial charge in [-0.05, 0) is 25.1 Å². The van der Waals surface area contributed by atoms with E-state index >= 15 is 0 Å². The van der Waals surface area contributed by atoms with Crippen LogP contribution in [0.15, 0.2) is 18.2 Å². The van der Waals surface area contributed by atoms with E-state index in [9.17, 15) is 13.2 Å². The van der Waals surface area contributed by atoms with Gasteiger partial charge in [0.2, 0.25) is 0 Å². The van der Waals surface area contributed by atoms with Crippen LogP contribution in [-0.4, -0.2) is 19.8 Å². The van der Waals surface area contributed by atoms with Crippen LogP contribution in [0.5, 0.6) is 0 Å². The van der Waals surface area contributed by atoms with Crippen molar-refractivity contribution in [2.24, 2.45) is 0 Å². The lowest BCUT2D eigenvalue weighted by atomic mass is 10.2. The first kappa shape index (κ1) is 14.1. The summed E-state index contributed by atoms with van der Waals surface area (Å²) in [4.78, 5) is 0. The second-order valence-electron chi connectivity index (χ2n) is 3.32. The molecule has 1 rings (SSSR count). The maximum absolute atomic E-state index is 12.4. The van der Waals surface area contributed by atoms with E-state index in [2.05, 4.69) is 5.32 Å². The predicted octanol–water partition coefficient (Wildman–Crippen LogP) is 3.81. The van der Waals surface area contributed by atoms with Crippen molar-refractivity contribution in [3.63, 3.8) is 0 Å². The maximum atomic E-state index is 12.4. The molecule has 0 bridgehead atoms. The Bertz CT molecular complexity index is 368. The van der Waals surface area contributed by atoms with Crippen molar-refractivity contribution < 1.29 is 17.9 Å². The molecule has 0 amide bonds. The molecule has 0 aliphatic heterocycles. The summed E-state index contributed by atoms with van der Waals surface area (Å²) in [6.07, 6.45) is -4.36. The lowest BCUT2D eigenvalue weighted by Gasteiger charge is -2.12. The Kier molecular flexibility index (Phi) is 5.08. The summed E-state index contributed by atoms with van der Waals surface area (Å²) in [6, 6.07) is 3.18. The molecule has 17 heavy (non-hydrogen) atoms. The molecular weight excluding hydrogens is 255 g/mol. The SMILES string of the molecule is CCOCCNc1cc(C(F)(F)F)ccc1Cl. The zero-order chi connectivity index (χ0) is 12.9. The first-order valence-electron chi connectivity index (χ1n) is 5.13. The lowest BCUT2D eigenvalue weighted by Crippen LogP contribution is -2.11. The van der Waals surface area contributed by atoms with Crippen molar-refractivity contribution in [1.82, 2.24) is 0 Å². The number of hydrogen-bond donors (Lipinski definition) is 1. The molecule has 0 aliphatic carbocycles. The smallest absolute Gasteiger partial charge is 0.382 e.